The smallest absolute Gasteiger partial charge is 0.277 e. The first-order valence-corrected chi connectivity index (χ1v) is 10.2. The van der Waals surface area contributed by atoms with Gasteiger partial charge in [0.05, 0.1) is 25.3 Å². The quantitative estimate of drug-likeness (QED) is 0.493. The lowest BCUT2D eigenvalue weighted by atomic mass is 10.1. The van der Waals surface area contributed by atoms with E-state index in [2.05, 4.69) is 10.3 Å². The summed E-state index contributed by atoms with van der Waals surface area (Å²) in [7, 11) is 3.09. The van der Waals surface area contributed by atoms with E-state index in [0.717, 1.165) is 11.0 Å². The van der Waals surface area contributed by atoms with Crippen LogP contribution in [0.2, 0.25) is 0 Å². The van der Waals surface area contributed by atoms with E-state index in [4.69, 9.17) is 9.47 Å². The molecule has 0 bridgehead atoms. The first kappa shape index (κ1) is 21.1. The van der Waals surface area contributed by atoms with E-state index in [0.29, 0.717) is 40.6 Å². The van der Waals surface area contributed by atoms with E-state index < -0.39 is 0 Å². The van der Waals surface area contributed by atoms with Gasteiger partial charge in [0, 0.05) is 29.4 Å². The topological polar surface area (TPSA) is 82.5 Å². The third-order valence-corrected chi connectivity index (χ3v) is 5.23. The minimum absolute atomic E-state index is 0.159. The van der Waals surface area contributed by atoms with Gasteiger partial charge in [-0.05, 0) is 43.3 Å². The van der Waals surface area contributed by atoms with Crippen molar-refractivity contribution in [3.8, 4) is 22.8 Å². The summed E-state index contributed by atoms with van der Waals surface area (Å²) < 4.78 is 12.2. The molecule has 1 amide bonds. The van der Waals surface area contributed by atoms with E-state index >= 15 is 0 Å². The van der Waals surface area contributed by atoms with Gasteiger partial charge in [0.15, 0.2) is 11.5 Å². The molecule has 4 aromatic rings. The maximum atomic E-state index is 13.0. The predicted octanol–water partition coefficient (Wildman–Crippen LogP) is 4.35. The summed E-state index contributed by atoms with van der Waals surface area (Å²) in [6.07, 6.45) is 0. The van der Waals surface area contributed by atoms with E-state index in [9.17, 15) is 9.59 Å². The summed E-state index contributed by atoms with van der Waals surface area (Å²) in [5.74, 6) is 0.826. The summed E-state index contributed by atoms with van der Waals surface area (Å²) in [4.78, 5) is 30.3. The Balaban J connectivity index is 1.62. The zero-order chi connectivity index (χ0) is 22.7. The third-order valence-electron chi connectivity index (χ3n) is 5.23. The SMILES string of the molecule is CCn1c(=O)c(-c2ccc(C(=O)Nc3ccc(OC)c(OC)c3)cc2)nc2ccccc21. The van der Waals surface area contributed by atoms with Crippen molar-refractivity contribution >= 4 is 22.6 Å². The molecule has 0 fully saturated rings. The number of hydrogen-bond acceptors (Lipinski definition) is 5. The Morgan fingerprint density at radius 2 is 1.69 bits per heavy atom. The second-order valence-corrected chi connectivity index (χ2v) is 7.10. The van der Waals surface area contributed by atoms with Gasteiger partial charge in [-0.1, -0.05) is 24.3 Å². The van der Waals surface area contributed by atoms with Gasteiger partial charge in [0.2, 0.25) is 0 Å². The van der Waals surface area contributed by atoms with Crippen molar-refractivity contribution in [3.63, 3.8) is 0 Å². The number of hydrogen-bond donors (Lipinski definition) is 1. The fraction of sp³-hybridized carbons (Fsp3) is 0.160. The first-order valence-electron chi connectivity index (χ1n) is 10.2. The molecule has 162 valence electrons. The van der Waals surface area contributed by atoms with E-state index in [1.54, 1.807) is 54.1 Å². The summed E-state index contributed by atoms with van der Waals surface area (Å²) in [5, 5.41) is 2.84. The summed E-state index contributed by atoms with van der Waals surface area (Å²) in [6.45, 7) is 2.47. The molecule has 0 radical (unpaired) electrons. The Hall–Kier alpha value is -4.13. The van der Waals surface area contributed by atoms with Crippen molar-refractivity contribution in [1.29, 1.82) is 0 Å². The monoisotopic (exact) mass is 429 g/mol. The highest BCUT2D eigenvalue weighted by Gasteiger charge is 2.14. The van der Waals surface area contributed by atoms with Crippen molar-refractivity contribution in [2.75, 3.05) is 19.5 Å². The molecule has 0 aliphatic heterocycles. The zero-order valence-corrected chi connectivity index (χ0v) is 18.1. The van der Waals surface area contributed by atoms with Gasteiger partial charge in [-0.2, -0.15) is 0 Å². The van der Waals surface area contributed by atoms with E-state index in [1.165, 1.54) is 7.11 Å². The molecular formula is C25H23N3O4. The molecule has 1 N–H and O–H groups in total. The van der Waals surface area contributed by atoms with Crippen LogP contribution in [0, 0.1) is 0 Å². The number of nitrogens with zero attached hydrogens (tertiary/aromatic N) is 2. The predicted molar refractivity (Wildman–Crippen MR) is 125 cm³/mol. The number of methoxy groups -OCH3 is 2. The van der Waals surface area contributed by atoms with Crippen molar-refractivity contribution in [1.82, 2.24) is 9.55 Å². The van der Waals surface area contributed by atoms with Crippen molar-refractivity contribution in [2.24, 2.45) is 0 Å². The van der Waals surface area contributed by atoms with E-state index in [-0.39, 0.29) is 11.5 Å². The van der Waals surface area contributed by atoms with Crippen molar-refractivity contribution in [3.05, 3.63) is 82.6 Å². The molecule has 0 aliphatic rings. The average molecular weight is 429 g/mol. The van der Waals surface area contributed by atoms with Gasteiger partial charge in [0.25, 0.3) is 11.5 Å². The number of anilines is 1. The van der Waals surface area contributed by atoms with Gasteiger partial charge in [-0.25, -0.2) is 4.98 Å². The lowest BCUT2D eigenvalue weighted by Crippen LogP contribution is -2.23. The van der Waals surface area contributed by atoms with Crippen LogP contribution in [-0.4, -0.2) is 29.7 Å². The highest BCUT2D eigenvalue weighted by atomic mass is 16.5. The van der Waals surface area contributed by atoms with Crippen LogP contribution in [-0.2, 0) is 6.54 Å². The number of carbonyl (C=O) groups excluding carboxylic acids is 1. The highest BCUT2D eigenvalue weighted by Crippen LogP contribution is 2.30. The molecule has 0 atom stereocenters. The van der Waals surface area contributed by atoms with Gasteiger partial charge in [-0.15, -0.1) is 0 Å². The maximum absolute atomic E-state index is 13.0. The number of ether oxygens (including phenoxy) is 2. The Labute approximate surface area is 185 Å². The number of rotatable bonds is 6. The second kappa shape index (κ2) is 8.93. The van der Waals surface area contributed by atoms with E-state index in [1.807, 2.05) is 31.2 Å². The largest absolute Gasteiger partial charge is 0.493 e. The molecule has 0 saturated heterocycles. The third kappa shape index (κ3) is 3.92. The molecule has 4 rings (SSSR count). The minimum Gasteiger partial charge on any atom is -0.493 e. The first-order chi connectivity index (χ1) is 15.5. The number of aryl methyl sites for hydroxylation is 1. The zero-order valence-electron chi connectivity index (χ0n) is 18.1. The molecule has 0 unspecified atom stereocenters. The van der Waals surface area contributed by atoms with Crippen LogP contribution in [0.3, 0.4) is 0 Å². The van der Waals surface area contributed by atoms with Crippen LogP contribution in [0.5, 0.6) is 11.5 Å². The van der Waals surface area contributed by atoms with Crippen LogP contribution < -0.4 is 20.3 Å². The minimum atomic E-state index is -0.277. The van der Waals surface area contributed by atoms with Gasteiger partial charge in [-0.3, -0.25) is 9.59 Å². The number of aromatic nitrogens is 2. The standard InChI is InChI=1S/C25H23N3O4/c1-4-28-20-8-6-5-7-19(20)27-23(25(28)30)16-9-11-17(12-10-16)24(29)26-18-13-14-21(31-2)22(15-18)32-3/h5-15H,4H2,1-3H3,(H,26,29). The Morgan fingerprint density at radius 3 is 2.38 bits per heavy atom. The van der Waals surface area contributed by atoms with Crippen LogP contribution in [0.25, 0.3) is 22.3 Å². The number of para-hydroxylation sites is 2. The lowest BCUT2D eigenvalue weighted by molar-refractivity contribution is 0.102. The highest BCUT2D eigenvalue weighted by molar-refractivity contribution is 6.04. The Bertz CT molecular complexity index is 1340. The number of benzene rings is 3. The van der Waals surface area contributed by atoms with Crippen molar-refractivity contribution in [2.45, 2.75) is 13.5 Å². The lowest BCUT2D eigenvalue weighted by Gasteiger charge is -2.12. The Morgan fingerprint density at radius 1 is 0.969 bits per heavy atom. The molecule has 32 heavy (non-hydrogen) atoms. The molecule has 7 heteroatoms. The molecule has 1 aromatic heterocycles. The average Bonchev–Trinajstić information content (AvgIpc) is 2.83. The number of amides is 1. The fourth-order valence-corrected chi connectivity index (χ4v) is 3.59. The van der Waals surface area contributed by atoms with Crippen LogP contribution in [0.1, 0.15) is 17.3 Å². The molecule has 3 aromatic carbocycles. The maximum Gasteiger partial charge on any atom is 0.277 e. The molecule has 1 heterocycles. The molecule has 7 nitrogen and oxygen atoms in total. The fourth-order valence-electron chi connectivity index (χ4n) is 3.59. The Kier molecular flexibility index (Phi) is 5.89. The number of fused-ring (bicyclic) bond motifs is 1. The van der Waals surface area contributed by atoms with Crippen LogP contribution in [0.15, 0.2) is 71.5 Å². The molecule has 0 spiro atoms. The molecule has 0 aliphatic carbocycles. The molecular weight excluding hydrogens is 406 g/mol. The molecule has 0 saturated carbocycles. The summed E-state index contributed by atoms with van der Waals surface area (Å²) >= 11 is 0. The van der Waals surface area contributed by atoms with Gasteiger partial charge in [0.1, 0.15) is 5.69 Å². The second-order valence-electron chi connectivity index (χ2n) is 7.10. The van der Waals surface area contributed by atoms with Gasteiger partial charge >= 0.3 is 0 Å². The van der Waals surface area contributed by atoms with Crippen molar-refractivity contribution < 1.29 is 14.3 Å². The van der Waals surface area contributed by atoms with Crippen LogP contribution >= 0.6 is 0 Å². The number of nitrogens with one attached hydrogen (secondary N) is 1. The normalized spacial score (nSPS) is 10.7. The summed E-state index contributed by atoms with van der Waals surface area (Å²) in [5.41, 5.74) is 3.45. The summed E-state index contributed by atoms with van der Waals surface area (Å²) in [6, 6.07) is 19.5. The van der Waals surface area contributed by atoms with Gasteiger partial charge < -0.3 is 19.4 Å². The van der Waals surface area contributed by atoms with Crippen LogP contribution in [0.4, 0.5) is 5.69 Å². The number of carbonyl (C=O) groups is 1.